The van der Waals surface area contributed by atoms with E-state index in [0.29, 0.717) is 0 Å². The summed E-state index contributed by atoms with van der Waals surface area (Å²) in [6.45, 7) is 0. The van der Waals surface area contributed by atoms with Gasteiger partial charge in [0.25, 0.3) is 0 Å². The van der Waals surface area contributed by atoms with Gasteiger partial charge in [-0.15, -0.1) is 0 Å². The summed E-state index contributed by atoms with van der Waals surface area (Å²) < 4.78 is 48.1. The van der Waals surface area contributed by atoms with Gasteiger partial charge in [-0.25, -0.2) is 4.39 Å². The highest BCUT2D eigenvalue weighted by molar-refractivity contribution is 5.93. The van der Waals surface area contributed by atoms with E-state index in [9.17, 15) is 22.4 Å². The smallest absolute Gasteiger partial charge is 0.389 e. The van der Waals surface area contributed by atoms with Gasteiger partial charge in [0.1, 0.15) is 5.82 Å². The highest BCUT2D eigenvalue weighted by atomic mass is 19.4. The molecule has 1 aromatic carbocycles. The summed E-state index contributed by atoms with van der Waals surface area (Å²) in [5.74, 6) is -1.41. The minimum Gasteiger partial charge on any atom is -0.397 e. The van der Waals surface area contributed by atoms with Crippen molar-refractivity contribution in [3.05, 3.63) is 24.0 Å². The zero-order valence-electron chi connectivity index (χ0n) is 8.64. The molecule has 0 radical (unpaired) electrons. The Labute approximate surface area is 94.6 Å². The van der Waals surface area contributed by atoms with Crippen molar-refractivity contribution >= 4 is 17.3 Å². The standard InChI is InChI=1S/C10H10F4N2O/c11-6-1-2-8(7(15)5-6)16-9(17)3-4-10(12,13)14/h1-2,5H,3-4,15H2,(H,16,17). The van der Waals surface area contributed by atoms with Gasteiger partial charge in [0.15, 0.2) is 0 Å². The number of carbonyl (C=O) groups excluding carboxylic acids is 1. The van der Waals surface area contributed by atoms with Crippen molar-refractivity contribution in [2.75, 3.05) is 11.1 Å². The maximum Gasteiger partial charge on any atom is 0.389 e. The van der Waals surface area contributed by atoms with E-state index in [2.05, 4.69) is 5.32 Å². The largest absolute Gasteiger partial charge is 0.397 e. The first-order valence-electron chi connectivity index (χ1n) is 4.69. The third-order valence-electron chi connectivity index (χ3n) is 1.92. The maximum absolute atomic E-state index is 12.6. The number of amides is 1. The number of nitrogens with one attached hydrogen (secondary N) is 1. The lowest BCUT2D eigenvalue weighted by molar-refractivity contribution is -0.142. The number of benzene rings is 1. The van der Waals surface area contributed by atoms with Crippen LogP contribution in [0, 0.1) is 5.82 Å². The minimum atomic E-state index is -4.38. The van der Waals surface area contributed by atoms with Crippen LogP contribution in [0.3, 0.4) is 0 Å². The molecule has 0 aliphatic heterocycles. The molecule has 1 aromatic rings. The Morgan fingerprint density at radius 3 is 2.53 bits per heavy atom. The summed E-state index contributed by atoms with van der Waals surface area (Å²) in [5.41, 5.74) is 5.43. The molecular weight excluding hydrogens is 240 g/mol. The quantitative estimate of drug-likeness (QED) is 0.640. The van der Waals surface area contributed by atoms with Crippen LogP contribution in [0.2, 0.25) is 0 Å². The Hall–Kier alpha value is -1.79. The molecule has 0 saturated heterocycles. The first kappa shape index (κ1) is 13.3. The van der Waals surface area contributed by atoms with Crippen LogP contribution >= 0.6 is 0 Å². The van der Waals surface area contributed by atoms with Crippen molar-refractivity contribution in [1.82, 2.24) is 0 Å². The van der Waals surface area contributed by atoms with Gasteiger partial charge >= 0.3 is 6.18 Å². The van der Waals surface area contributed by atoms with Gasteiger partial charge in [0, 0.05) is 6.42 Å². The second-order valence-electron chi connectivity index (χ2n) is 3.39. The van der Waals surface area contributed by atoms with Gasteiger partial charge < -0.3 is 11.1 Å². The van der Waals surface area contributed by atoms with Crippen LogP contribution in [0.15, 0.2) is 18.2 Å². The normalized spacial score (nSPS) is 11.3. The topological polar surface area (TPSA) is 55.1 Å². The molecule has 0 saturated carbocycles. The van der Waals surface area contributed by atoms with Gasteiger partial charge in [0.2, 0.25) is 5.91 Å². The van der Waals surface area contributed by atoms with Crippen LogP contribution in [-0.2, 0) is 4.79 Å². The van der Waals surface area contributed by atoms with Crippen LogP contribution in [0.5, 0.6) is 0 Å². The molecule has 0 unspecified atom stereocenters. The van der Waals surface area contributed by atoms with Crippen molar-refractivity contribution in [3.8, 4) is 0 Å². The third-order valence-corrected chi connectivity index (χ3v) is 1.92. The second kappa shape index (κ2) is 5.03. The number of halogens is 4. The van der Waals surface area contributed by atoms with Crippen LogP contribution in [0.4, 0.5) is 28.9 Å². The number of hydrogen-bond donors (Lipinski definition) is 2. The Morgan fingerprint density at radius 2 is 2.00 bits per heavy atom. The molecule has 0 aliphatic carbocycles. The summed E-state index contributed by atoms with van der Waals surface area (Å²) in [7, 11) is 0. The van der Waals surface area contributed by atoms with E-state index in [0.717, 1.165) is 12.1 Å². The summed E-state index contributed by atoms with van der Waals surface area (Å²) in [6.07, 6.45) is -6.29. The second-order valence-corrected chi connectivity index (χ2v) is 3.39. The van der Waals surface area contributed by atoms with Gasteiger partial charge in [-0.2, -0.15) is 13.2 Å². The van der Waals surface area contributed by atoms with Crippen LogP contribution in [-0.4, -0.2) is 12.1 Å². The molecule has 94 valence electrons. The van der Waals surface area contributed by atoms with E-state index in [1.165, 1.54) is 6.07 Å². The van der Waals surface area contributed by atoms with Crippen LogP contribution in [0.25, 0.3) is 0 Å². The average molecular weight is 250 g/mol. The third kappa shape index (κ3) is 4.71. The first-order valence-corrected chi connectivity index (χ1v) is 4.69. The number of anilines is 2. The van der Waals surface area contributed by atoms with Gasteiger partial charge in [-0.1, -0.05) is 0 Å². The molecule has 0 bridgehead atoms. The number of nitrogens with two attached hydrogens (primary N) is 1. The molecule has 0 fully saturated rings. The van der Waals surface area contributed by atoms with Crippen molar-refractivity contribution in [1.29, 1.82) is 0 Å². The molecule has 0 aliphatic rings. The Balaban J connectivity index is 2.57. The van der Waals surface area contributed by atoms with Crippen molar-refractivity contribution in [3.63, 3.8) is 0 Å². The summed E-state index contributed by atoms with van der Waals surface area (Å²) >= 11 is 0. The van der Waals surface area contributed by atoms with Gasteiger partial charge in [0.05, 0.1) is 17.8 Å². The highest BCUT2D eigenvalue weighted by Crippen LogP contribution is 2.23. The predicted molar refractivity (Wildman–Crippen MR) is 54.7 cm³/mol. The fourth-order valence-electron chi connectivity index (χ4n) is 1.12. The lowest BCUT2D eigenvalue weighted by Crippen LogP contribution is -2.17. The molecule has 0 spiro atoms. The Morgan fingerprint density at radius 1 is 1.35 bits per heavy atom. The Kier molecular flexibility index (Phi) is 3.93. The number of carbonyl (C=O) groups is 1. The van der Waals surface area contributed by atoms with Crippen molar-refractivity contribution < 1.29 is 22.4 Å². The fourth-order valence-corrected chi connectivity index (χ4v) is 1.12. The summed E-state index contributed by atoms with van der Waals surface area (Å²) in [6, 6.07) is 3.21. The first-order chi connectivity index (χ1) is 7.78. The number of rotatable bonds is 3. The van der Waals surface area contributed by atoms with Crippen molar-refractivity contribution in [2.24, 2.45) is 0 Å². The summed E-state index contributed by atoms with van der Waals surface area (Å²) in [4.78, 5) is 11.1. The van der Waals surface area contributed by atoms with Gasteiger partial charge in [-0.05, 0) is 18.2 Å². The predicted octanol–water partition coefficient (Wildman–Crippen LogP) is 2.69. The molecule has 1 rings (SSSR count). The van der Waals surface area contributed by atoms with E-state index in [-0.39, 0.29) is 11.4 Å². The van der Waals surface area contributed by atoms with Gasteiger partial charge in [-0.3, -0.25) is 4.79 Å². The van der Waals surface area contributed by atoms with Crippen LogP contribution in [0.1, 0.15) is 12.8 Å². The lowest BCUT2D eigenvalue weighted by atomic mass is 10.2. The van der Waals surface area contributed by atoms with E-state index >= 15 is 0 Å². The molecule has 0 heterocycles. The van der Waals surface area contributed by atoms with Crippen molar-refractivity contribution in [2.45, 2.75) is 19.0 Å². The van der Waals surface area contributed by atoms with E-state index in [4.69, 9.17) is 5.73 Å². The lowest BCUT2D eigenvalue weighted by Gasteiger charge is -2.09. The molecule has 3 N–H and O–H groups in total. The molecule has 1 amide bonds. The number of alkyl halides is 3. The molecular formula is C10H10F4N2O. The van der Waals surface area contributed by atoms with E-state index in [1.54, 1.807) is 0 Å². The number of hydrogen-bond acceptors (Lipinski definition) is 2. The average Bonchev–Trinajstić information content (AvgIpc) is 2.18. The molecule has 3 nitrogen and oxygen atoms in total. The highest BCUT2D eigenvalue weighted by Gasteiger charge is 2.27. The SMILES string of the molecule is Nc1cc(F)ccc1NC(=O)CCC(F)(F)F. The molecule has 7 heteroatoms. The Bertz CT molecular complexity index is 417. The zero-order valence-corrected chi connectivity index (χ0v) is 8.64. The number of nitrogen functional groups attached to an aromatic ring is 1. The van der Waals surface area contributed by atoms with Crippen LogP contribution < -0.4 is 11.1 Å². The molecule has 0 aromatic heterocycles. The fraction of sp³-hybridized carbons (Fsp3) is 0.300. The summed E-state index contributed by atoms with van der Waals surface area (Å²) in [5, 5.41) is 2.18. The molecule has 17 heavy (non-hydrogen) atoms. The zero-order chi connectivity index (χ0) is 13.1. The van der Waals surface area contributed by atoms with E-state index in [1.807, 2.05) is 0 Å². The minimum absolute atomic E-state index is 0.0367. The monoisotopic (exact) mass is 250 g/mol. The molecule has 0 atom stereocenters. The maximum atomic E-state index is 12.6. The van der Waals surface area contributed by atoms with E-state index < -0.39 is 30.7 Å².